The van der Waals surface area contributed by atoms with Crippen LogP contribution < -0.4 is 15.8 Å². The highest BCUT2D eigenvalue weighted by Gasteiger charge is 2.57. The highest BCUT2D eigenvalue weighted by molar-refractivity contribution is 7.88. The van der Waals surface area contributed by atoms with Crippen LogP contribution in [0.2, 0.25) is 0 Å². The number of amides is 1. The van der Waals surface area contributed by atoms with Gasteiger partial charge < -0.3 is 25.6 Å². The van der Waals surface area contributed by atoms with Crippen LogP contribution in [-0.4, -0.2) is 47.0 Å². The molecule has 3 aromatic carbocycles. The zero-order valence-corrected chi connectivity index (χ0v) is 23.8. The summed E-state index contributed by atoms with van der Waals surface area (Å²) in [5.74, 6) is -1.89. The first-order valence-corrected chi connectivity index (χ1v) is 14.6. The van der Waals surface area contributed by atoms with E-state index in [4.69, 9.17) is 15.2 Å². The van der Waals surface area contributed by atoms with E-state index < -0.39 is 39.0 Å². The first-order valence-electron chi connectivity index (χ1n) is 13.1. The largest absolute Gasteiger partial charge is 0.489 e. The maximum absolute atomic E-state index is 13.1. The molecule has 10 nitrogen and oxygen atoms in total. The number of nitrogens with two attached hydrogens (primary N) is 1. The lowest BCUT2D eigenvalue weighted by Crippen LogP contribution is -2.64. The van der Waals surface area contributed by atoms with Gasteiger partial charge in [0.15, 0.2) is 0 Å². The minimum Gasteiger partial charge on any atom is -0.489 e. The molecule has 0 aliphatic heterocycles. The van der Waals surface area contributed by atoms with E-state index in [0.717, 1.165) is 5.56 Å². The Morgan fingerprint density at radius 3 is 1.93 bits per heavy atom. The molecule has 220 valence electrons. The van der Waals surface area contributed by atoms with Gasteiger partial charge in [0.05, 0.1) is 12.1 Å². The van der Waals surface area contributed by atoms with Gasteiger partial charge in [-0.25, -0.2) is 4.79 Å². The minimum absolute atomic E-state index is 0.0360. The lowest BCUT2D eigenvalue weighted by atomic mass is 9.98. The molecule has 0 aromatic heterocycles. The van der Waals surface area contributed by atoms with Crippen LogP contribution in [0.15, 0.2) is 84.9 Å². The van der Waals surface area contributed by atoms with E-state index in [0.29, 0.717) is 23.5 Å². The molecule has 41 heavy (non-hydrogen) atoms. The number of benzene rings is 3. The van der Waals surface area contributed by atoms with Crippen LogP contribution in [0.3, 0.4) is 0 Å². The first kappa shape index (κ1) is 31.8. The van der Waals surface area contributed by atoms with Crippen molar-refractivity contribution in [2.75, 3.05) is 0 Å². The molecular weight excluding hydrogens is 548 g/mol. The van der Waals surface area contributed by atoms with Crippen LogP contribution >= 0.6 is 0 Å². The molecule has 0 fully saturated rings. The second-order valence-corrected chi connectivity index (χ2v) is 11.7. The van der Waals surface area contributed by atoms with Crippen molar-refractivity contribution in [3.63, 3.8) is 0 Å². The molecule has 3 aromatic rings. The van der Waals surface area contributed by atoms with E-state index >= 15 is 0 Å². The van der Waals surface area contributed by atoms with E-state index in [1.54, 1.807) is 54.6 Å². The van der Waals surface area contributed by atoms with Crippen molar-refractivity contribution in [1.29, 1.82) is 0 Å². The third kappa shape index (κ3) is 8.86. The zero-order chi connectivity index (χ0) is 30.0. The van der Waals surface area contributed by atoms with Gasteiger partial charge in [0, 0.05) is 0 Å². The summed E-state index contributed by atoms with van der Waals surface area (Å²) in [5, 5.41) is 13.7. The monoisotopic (exact) mass is 584 g/mol. The fraction of sp³-hybridized carbons (Fsp3) is 0.333. The maximum atomic E-state index is 13.1. The molecule has 0 heterocycles. The van der Waals surface area contributed by atoms with Gasteiger partial charge in [0.2, 0.25) is 5.91 Å². The SMILES string of the molecule is CC(C)C[C@H](N)C(=O)NC(Cc1ccc(OCc2ccccc2)cc1)C(O)(C(=O)OCc1ccccc1)S(=O)(=O)O. The topological polar surface area (TPSA) is 165 Å². The zero-order valence-electron chi connectivity index (χ0n) is 23.0. The summed E-state index contributed by atoms with van der Waals surface area (Å²) < 4.78 is 46.1. The van der Waals surface area contributed by atoms with Gasteiger partial charge in [-0.05, 0) is 47.6 Å². The Hall–Kier alpha value is -3.77. The van der Waals surface area contributed by atoms with Gasteiger partial charge in [-0.1, -0.05) is 86.6 Å². The summed E-state index contributed by atoms with van der Waals surface area (Å²) in [6.07, 6.45) is -0.107. The summed E-state index contributed by atoms with van der Waals surface area (Å²) in [6, 6.07) is 21.4. The van der Waals surface area contributed by atoms with Crippen molar-refractivity contribution < 1.29 is 37.1 Å². The number of nitrogens with one attached hydrogen (secondary N) is 1. The number of aliphatic hydroxyl groups is 1. The Bertz CT molecular complexity index is 1380. The highest BCUT2D eigenvalue weighted by Crippen LogP contribution is 2.26. The molecule has 11 heteroatoms. The average molecular weight is 585 g/mol. The highest BCUT2D eigenvalue weighted by atomic mass is 32.2. The van der Waals surface area contributed by atoms with E-state index in [1.165, 1.54) is 0 Å². The Morgan fingerprint density at radius 2 is 1.41 bits per heavy atom. The van der Waals surface area contributed by atoms with Crippen molar-refractivity contribution in [1.82, 2.24) is 5.32 Å². The predicted molar refractivity (Wildman–Crippen MR) is 153 cm³/mol. The molecule has 0 aliphatic carbocycles. The molecular formula is C30H36N2O8S. The molecule has 0 saturated carbocycles. The molecule has 5 N–H and O–H groups in total. The smallest absolute Gasteiger partial charge is 0.359 e. The van der Waals surface area contributed by atoms with Crippen LogP contribution in [0.4, 0.5) is 0 Å². The fourth-order valence-electron chi connectivity index (χ4n) is 4.13. The number of hydrogen-bond acceptors (Lipinski definition) is 8. The summed E-state index contributed by atoms with van der Waals surface area (Å²) in [4.78, 5) is 22.5. The van der Waals surface area contributed by atoms with Gasteiger partial charge in [-0.15, -0.1) is 0 Å². The summed E-state index contributed by atoms with van der Waals surface area (Å²) in [5.41, 5.74) is 7.89. The predicted octanol–water partition coefficient (Wildman–Crippen LogP) is 2.99. The van der Waals surface area contributed by atoms with E-state index in [2.05, 4.69) is 5.32 Å². The molecule has 0 bridgehead atoms. The molecule has 3 rings (SSSR count). The second kappa shape index (κ2) is 14.2. The standard InChI is InChI=1S/C30H36N2O8S/c1-21(2)17-26(31)28(33)32-27(18-22-13-15-25(16-14-22)39-19-23-9-5-3-6-10-23)30(35,41(36,37)38)29(34)40-20-24-11-7-4-8-12-24/h3-16,21,26-27,35H,17-20,31H2,1-2H3,(H,32,33)(H,36,37,38)/t26-,27?,30?/m0/s1. The summed E-state index contributed by atoms with van der Waals surface area (Å²) >= 11 is 0. The molecule has 0 saturated heterocycles. The maximum Gasteiger partial charge on any atom is 0.359 e. The average Bonchev–Trinajstić information content (AvgIpc) is 2.94. The molecule has 0 aliphatic rings. The van der Waals surface area contributed by atoms with Crippen molar-refractivity contribution in [3.05, 3.63) is 102 Å². The van der Waals surface area contributed by atoms with Crippen molar-refractivity contribution >= 4 is 22.0 Å². The third-order valence-electron chi connectivity index (χ3n) is 6.36. The molecule has 3 atom stereocenters. The Kier molecular flexibility index (Phi) is 11.0. The Balaban J connectivity index is 1.86. The van der Waals surface area contributed by atoms with Gasteiger partial charge in [0.25, 0.3) is 0 Å². The summed E-state index contributed by atoms with van der Waals surface area (Å²) in [7, 11) is -5.53. The van der Waals surface area contributed by atoms with Crippen molar-refractivity contribution in [3.8, 4) is 5.75 Å². The molecule has 0 spiro atoms. The normalized spacial score (nSPS) is 14.5. The minimum atomic E-state index is -5.53. The van der Waals surface area contributed by atoms with Gasteiger partial charge in [0.1, 0.15) is 19.0 Å². The first-order chi connectivity index (χ1) is 19.4. The fourth-order valence-corrected chi connectivity index (χ4v) is 4.90. The lowest BCUT2D eigenvalue weighted by molar-refractivity contribution is -0.161. The number of ether oxygens (including phenoxy) is 2. The molecule has 0 radical (unpaired) electrons. The third-order valence-corrected chi connectivity index (χ3v) is 7.60. The van der Waals surface area contributed by atoms with Crippen LogP contribution in [0.5, 0.6) is 5.75 Å². The number of rotatable bonds is 14. The van der Waals surface area contributed by atoms with Crippen molar-refractivity contribution in [2.45, 2.75) is 56.9 Å². The number of esters is 1. The van der Waals surface area contributed by atoms with Gasteiger partial charge in [-0.2, -0.15) is 8.42 Å². The van der Waals surface area contributed by atoms with Crippen molar-refractivity contribution in [2.24, 2.45) is 11.7 Å². The summed E-state index contributed by atoms with van der Waals surface area (Å²) in [6.45, 7) is 3.64. The number of carbonyl (C=O) groups excluding carboxylic acids is 2. The number of hydrogen-bond donors (Lipinski definition) is 4. The molecule has 1 amide bonds. The Morgan fingerprint density at radius 1 is 0.878 bits per heavy atom. The van der Waals surface area contributed by atoms with Crippen LogP contribution in [0, 0.1) is 5.92 Å². The molecule has 2 unspecified atom stereocenters. The van der Waals surface area contributed by atoms with Gasteiger partial charge in [-0.3, -0.25) is 9.35 Å². The van der Waals surface area contributed by atoms with Crippen LogP contribution in [-0.2, 0) is 44.1 Å². The number of carbonyl (C=O) groups is 2. The van der Waals surface area contributed by atoms with Gasteiger partial charge >= 0.3 is 21.0 Å². The van der Waals surface area contributed by atoms with E-state index in [-0.39, 0.29) is 25.4 Å². The van der Waals surface area contributed by atoms with E-state index in [9.17, 15) is 27.7 Å². The lowest BCUT2D eigenvalue weighted by Gasteiger charge is -2.32. The second-order valence-electron chi connectivity index (χ2n) is 10.2. The Labute approximate surface area is 240 Å². The quantitative estimate of drug-likeness (QED) is 0.165. The van der Waals surface area contributed by atoms with Crippen LogP contribution in [0.1, 0.15) is 37.0 Å². The van der Waals surface area contributed by atoms with E-state index in [1.807, 2.05) is 44.2 Å². The van der Waals surface area contributed by atoms with Crippen LogP contribution in [0.25, 0.3) is 0 Å².